The molecule has 0 fully saturated rings. The number of aryl methyl sites for hydroxylation is 1. The van der Waals surface area contributed by atoms with Gasteiger partial charge in [0.25, 0.3) is 5.91 Å². The van der Waals surface area contributed by atoms with Crippen LogP contribution >= 0.6 is 11.6 Å². The van der Waals surface area contributed by atoms with Crippen LogP contribution in [-0.2, 0) is 6.61 Å². The second-order valence-electron chi connectivity index (χ2n) is 5.17. The minimum absolute atomic E-state index is 0.202. The first-order chi connectivity index (χ1) is 11.0. The first-order valence-corrected chi connectivity index (χ1v) is 7.82. The molecule has 0 aliphatic rings. The molecule has 124 valence electrons. The maximum absolute atomic E-state index is 12.2. The first kappa shape index (κ1) is 17.4. The number of amides is 1. The fourth-order valence-corrected chi connectivity index (χ4v) is 2.31. The minimum atomic E-state index is -0.330. The highest BCUT2D eigenvalue weighted by atomic mass is 35.5. The molecule has 23 heavy (non-hydrogen) atoms. The maximum atomic E-state index is 12.2. The van der Waals surface area contributed by atoms with Gasteiger partial charge in [0, 0.05) is 5.56 Å². The van der Waals surface area contributed by atoms with Gasteiger partial charge in [-0.1, -0.05) is 30.7 Å². The Balaban J connectivity index is 1.96. The van der Waals surface area contributed by atoms with E-state index in [9.17, 15) is 4.79 Å². The van der Waals surface area contributed by atoms with E-state index in [-0.39, 0.29) is 24.4 Å². The fraction of sp³-hybridized carbons (Fsp3) is 0.353. The molecule has 0 spiro atoms. The van der Waals surface area contributed by atoms with Crippen LogP contribution in [0.25, 0.3) is 0 Å². The lowest BCUT2D eigenvalue weighted by Crippen LogP contribution is -2.35. The third-order valence-electron chi connectivity index (χ3n) is 3.41. The van der Waals surface area contributed by atoms with Crippen molar-refractivity contribution in [2.75, 3.05) is 6.54 Å². The molecule has 0 radical (unpaired) electrons. The van der Waals surface area contributed by atoms with Gasteiger partial charge in [-0.3, -0.25) is 4.79 Å². The number of nitrogens with one attached hydrogen (secondary N) is 1. The number of carbonyl (C=O) groups is 1. The van der Waals surface area contributed by atoms with E-state index in [1.165, 1.54) is 0 Å². The summed E-state index contributed by atoms with van der Waals surface area (Å²) in [5.74, 6) is 0.837. The van der Waals surface area contributed by atoms with Gasteiger partial charge < -0.3 is 19.6 Å². The summed E-state index contributed by atoms with van der Waals surface area (Å²) in [6, 6.07) is 8.86. The van der Waals surface area contributed by atoms with Gasteiger partial charge in [0.2, 0.25) is 0 Å². The first-order valence-electron chi connectivity index (χ1n) is 7.44. The van der Waals surface area contributed by atoms with Gasteiger partial charge in [-0.2, -0.15) is 0 Å². The van der Waals surface area contributed by atoms with E-state index >= 15 is 0 Å². The highest BCUT2D eigenvalue weighted by Gasteiger charge is 2.17. The molecule has 0 saturated heterocycles. The number of benzene rings is 1. The van der Waals surface area contributed by atoms with Gasteiger partial charge in [-0.15, -0.1) is 0 Å². The molecule has 6 heteroatoms. The molecule has 2 N–H and O–H groups in total. The van der Waals surface area contributed by atoms with Crippen LogP contribution in [0, 0.1) is 6.92 Å². The molecule has 0 unspecified atom stereocenters. The number of aliphatic hydroxyl groups is 1. The van der Waals surface area contributed by atoms with Crippen LogP contribution in [0.5, 0.6) is 5.75 Å². The molecule has 0 saturated carbocycles. The zero-order valence-corrected chi connectivity index (χ0v) is 13.9. The van der Waals surface area contributed by atoms with Crippen LogP contribution < -0.4 is 10.1 Å². The quantitative estimate of drug-likeness (QED) is 0.813. The number of ether oxygens (including phenoxy) is 1. The predicted octanol–water partition coefficient (Wildman–Crippen LogP) is 3.32. The Labute approximate surface area is 140 Å². The van der Waals surface area contributed by atoms with Crippen LogP contribution in [0.1, 0.15) is 35.2 Å². The van der Waals surface area contributed by atoms with Gasteiger partial charge in [0.15, 0.2) is 5.76 Å². The summed E-state index contributed by atoms with van der Waals surface area (Å²) in [4.78, 5) is 12.2. The van der Waals surface area contributed by atoms with Crippen molar-refractivity contribution in [1.82, 2.24) is 5.32 Å². The van der Waals surface area contributed by atoms with Gasteiger partial charge in [0.1, 0.15) is 24.2 Å². The molecule has 1 amide bonds. The number of hydrogen-bond donors (Lipinski definition) is 2. The smallest absolute Gasteiger partial charge is 0.287 e. The summed E-state index contributed by atoms with van der Waals surface area (Å²) >= 11 is 6.07. The second kappa shape index (κ2) is 8.04. The summed E-state index contributed by atoms with van der Waals surface area (Å²) in [6.07, 6.45) is 0.510. The maximum Gasteiger partial charge on any atom is 0.287 e. The van der Waals surface area contributed by atoms with Crippen molar-refractivity contribution >= 4 is 17.5 Å². The lowest BCUT2D eigenvalue weighted by Gasteiger charge is -2.18. The predicted molar refractivity (Wildman–Crippen MR) is 87.9 cm³/mol. The summed E-state index contributed by atoms with van der Waals surface area (Å²) in [5.41, 5.74) is 0.687. The molecule has 1 heterocycles. The molecule has 2 rings (SSSR count). The molecule has 0 aliphatic heterocycles. The standard InChI is InChI=1S/C17H20ClNO4/c1-3-12(22-15-7-5-4-6-14(15)18)9-19-17(21)16-11(2)8-13(10-20)23-16/h4-8,12,20H,3,9-10H2,1-2H3,(H,19,21)/t12-/m0/s1. The van der Waals surface area contributed by atoms with Gasteiger partial charge in [-0.05, 0) is 31.5 Å². The number of rotatable bonds is 7. The number of furan rings is 1. The Hall–Kier alpha value is -1.98. The van der Waals surface area contributed by atoms with E-state index in [0.29, 0.717) is 35.1 Å². The molecule has 0 bridgehead atoms. The lowest BCUT2D eigenvalue weighted by atomic mass is 10.2. The average Bonchev–Trinajstić information content (AvgIpc) is 2.94. The average molecular weight is 338 g/mol. The molecule has 2 aromatic rings. The summed E-state index contributed by atoms with van der Waals surface area (Å²) in [5, 5.41) is 12.4. The normalized spacial score (nSPS) is 12.0. The Bertz CT molecular complexity index is 668. The number of halogens is 1. The third kappa shape index (κ3) is 4.50. The van der Waals surface area contributed by atoms with Crippen molar-refractivity contribution in [3.63, 3.8) is 0 Å². The monoisotopic (exact) mass is 337 g/mol. The number of carbonyl (C=O) groups excluding carboxylic acids is 1. The molecule has 1 atom stereocenters. The van der Waals surface area contributed by atoms with Crippen molar-refractivity contribution in [2.45, 2.75) is 33.0 Å². The van der Waals surface area contributed by atoms with E-state index in [0.717, 1.165) is 0 Å². The van der Waals surface area contributed by atoms with E-state index in [2.05, 4.69) is 5.32 Å². The lowest BCUT2D eigenvalue weighted by molar-refractivity contribution is 0.0893. The zero-order chi connectivity index (χ0) is 16.8. The highest BCUT2D eigenvalue weighted by Crippen LogP contribution is 2.24. The summed E-state index contributed by atoms with van der Waals surface area (Å²) in [6.45, 7) is 3.82. The Morgan fingerprint density at radius 2 is 2.17 bits per heavy atom. The van der Waals surface area contributed by atoms with Gasteiger partial charge in [0.05, 0.1) is 11.6 Å². The largest absolute Gasteiger partial charge is 0.487 e. The Morgan fingerprint density at radius 3 is 2.78 bits per heavy atom. The van der Waals surface area contributed by atoms with E-state index in [1.54, 1.807) is 25.1 Å². The SMILES string of the molecule is CC[C@@H](CNC(=O)c1oc(CO)cc1C)Oc1ccccc1Cl. The molecular weight excluding hydrogens is 318 g/mol. The fourth-order valence-electron chi connectivity index (χ4n) is 2.13. The topological polar surface area (TPSA) is 71.7 Å². The molecule has 1 aromatic heterocycles. The second-order valence-corrected chi connectivity index (χ2v) is 5.58. The van der Waals surface area contributed by atoms with Crippen LogP contribution in [0.4, 0.5) is 0 Å². The van der Waals surface area contributed by atoms with E-state index in [4.69, 9.17) is 25.9 Å². The van der Waals surface area contributed by atoms with Crippen LogP contribution in [0.3, 0.4) is 0 Å². The Kier molecular flexibility index (Phi) is 6.07. The van der Waals surface area contributed by atoms with Crippen LogP contribution in [-0.4, -0.2) is 23.7 Å². The summed E-state index contributed by atoms with van der Waals surface area (Å²) < 4.78 is 11.1. The molecule has 0 aliphatic carbocycles. The van der Waals surface area contributed by atoms with Crippen LogP contribution in [0.15, 0.2) is 34.7 Å². The van der Waals surface area contributed by atoms with Crippen molar-refractivity contribution in [2.24, 2.45) is 0 Å². The van der Waals surface area contributed by atoms with E-state index in [1.807, 2.05) is 19.1 Å². The molecule has 1 aromatic carbocycles. The number of hydrogen-bond acceptors (Lipinski definition) is 4. The van der Waals surface area contributed by atoms with E-state index < -0.39 is 0 Å². The minimum Gasteiger partial charge on any atom is -0.487 e. The zero-order valence-electron chi connectivity index (χ0n) is 13.1. The number of para-hydroxylation sites is 1. The van der Waals surface area contributed by atoms with Crippen LogP contribution in [0.2, 0.25) is 5.02 Å². The number of aliphatic hydroxyl groups excluding tert-OH is 1. The molecular formula is C17H20ClNO4. The van der Waals surface area contributed by atoms with Crippen molar-refractivity contribution < 1.29 is 19.1 Å². The summed E-state index contributed by atoms with van der Waals surface area (Å²) in [7, 11) is 0. The molecule has 5 nitrogen and oxygen atoms in total. The highest BCUT2D eigenvalue weighted by molar-refractivity contribution is 6.32. The van der Waals surface area contributed by atoms with Gasteiger partial charge in [-0.25, -0.2) is 0 Å². The van der Waals surface area contributed by atoms with Crippen molar-refractivity contribution in [3.8, 4) is 5.75 Å². The third-order valence-corrected chi connectivity index (χ3v) is 3.72. The van der Waals surface area contributed by atoms with Crippen molar-refractivity contribution in [1.29, 1.82) is 0 Å². The van der Waals surface area contributed by atoms with Crippen molar-refractivity contribution in [3.05, 3.63) is 52.4 Å². The van der Waals surface area contributed by atoms with Gasteiger partial charge >= 0.3 is 0 Å². The Morgan fingerprint density at radius 1 is 1.43 bits per heavy atom.